The maximum atomic E-state index is 12.7. The lowest BCUT2D eigenvalue weighted by Gasteiger charge is -2.27. The molecule has 2 heterocycles. The molecule has 0 N–H and O–H groups in total. The Morgan fingerprint density at radius 2 is 1.84 bits per heavy atom. The number of amides is 3. The fourth-order valence-electron chi connectivity index (χ4n) is 3.26. The maximum absolute atomic E-state index is 12.7. The van der Waals surface area contributed by atoms with Gasteiger partial charge < -0.3 is 19.1 Å². The average molecular weight is 448 g/mol. The number of thioether (sulfide) groups is 1. The number of ether oxygens (including phenoxy) is 3. The van der Waals surface area contributed by atoms with Crippen LogP contribution in [0.5, 0.6) is 11.5 Å². The van der Waals surface area contributed by atoms with Gasteiger partial charge in [-0.25, -0.2) is 4.79 Å². The summed E-state index contributed by atoms with van der Waals surface area (Å²) in [5.74, 6) is -0.538. The first-order valence-corrected chi connectivity index (χ1v) is 10.7. The van der Waals surface area contributed by atoms with Gasteiger partial charge in [0.2, 0.25) is 5.91 Å². The summed E-state index contributed by atoms with van der Waals surface area (Å²) in [5, 5.41) is -0.466. The molecule has 3 rings (SSSR count). The highest BCUT2D eigenvalue weighted by Crippen LogP contribution is 2.34. The molecule has 31 heavy (non-hydrogen) atoms. The van der Waals surface area contributed by atoms with Crippen LogP contribution >= 0.6 is 11.8 Å². The highest BCUT2D eigenvalue weighted by Gasteiger charge is 2.37. The van der Waals surface area contributed by atoms with Gasteiger partial charge >= 0.3 is 5.97 Å². The zero-order valence-electron chi connectivity index (χ0n) is 17.4. The Labute approximate surface area is 184 Å². The molecule has 0 saturated carbocycles. The van der Waals surface area contributed by atoms with E-state index in [-0.39, 0.29) is 24.0 Å². The molecule has 0 aliphatic carbocycles. The fraction of sp³-hybridized carbons (Fsp3) is 0.429. The lowest BCUT2D eigenvalue weighted by atomic mass is 10.1. The molecule has 0 aromatic heterocycles. The predicted molar refractivity (Wildman–Crippen MR) is 114 cm³/mol. The number of carbonyl (C=O) groups excluding carboxylic acids is 4. The Balaban J connectivity index is 1.70. The molecular weight excluding hydrogens is 424 g/mol. The predicted octanol–water partition coefficient (Wildman–Crippen LogP) is 2.30. The summed E-state index contributed by atoms with van der Waals surface area (Å²) in [7, 11) is 2.71. The molecule has 166 valence electrons. The van der Waals surface area contributed by atoms with Crippen molar-refractivity contribution >= 4 is 40.9 Å². The molecule has 0 spiro atoms. The van der Waals surface area contributed by atoms with Crippen molar-refractivity contribution in [3.05, 3.63) is 28.7 Å². The van der Waals surface area contributed by atoms with E-state index in [0.717, 1.165) is 35.9 Å². The minimum absolute atomic E-state index is 0.211. The normalized spacial score (nSPS) is 17.8. The van der Waals surface area contributed by atoms with E-state index in [1.165, 1.54) is 14.2 Å². The lowest BCUT2D eigenvalue weighted by molar-refractivity contribution is -0.143. The minimum Gasteiger partial charge on any atom is -0.493 e. The first-order chi connectivity index (χ1) is 14.9. The van der Waals surface area contributed by atoms with Crippen LogP contribution in [0.25, 0.3) is 6.08 Å². The number of hydrogen-bond acceptors (Lipinski definition) is 8. The molecule has 1 aromatic carbocycles. The van der Waals surface area contributed by atoms with E-state index in [0.29, 0.717) is 30.2 Å². The van der Waals surface area contributed by atoms with Crippen molar-refractivity contribution in [2.24, 2.45) is 0 Å². The molecule has 0 bridgehead atoms. The number of esters is 1. The van der Waals surface area contributed by atoms with Crippen molar-refractivity contribution in [1.29, 1.82) is 0 Å². The second-order valence-corrected chi connectivity index (χ2v) is 7.98. The smallest absolute Gasteiger partial charge is 0.343 e. The summed E-state index contributed by atoms with van der Waals surface area (Å²) >= 11 is 0.795. The number of hydrogen-bond donors (Lipinski definition) is 0. The molecule has 2 fully saturated rings. The maximum Gasteiger partial charge on any atom is 0.343 e. The van der Waals surface area contributed by atoms with Crippen LogP contribution in [0, 0.1) is 0 Å². The molecule has 2 saturated heterocycles. The molecule has 1 aromatic rings. The number of rotatable bonds is 7. The Morgan fingerprint density at radius 1 is 1.10 bits per heavy atom. The van der Waals surface area contributed by atoms with Crippen molar-refractivity contribution < 1.29 is 33.4 Å². The van der Waals surface area contributed by atoms with Gasteiger partial charge in [-0.05, 0) is 54.8 Å². The van der Waals surface area contributed by atoms with Gasteiger partial charge in [0.25, 0.3) is 11.1 Å². The number of methoxy groups -OCH3 is 2. The largest absolute Gasteiger partial charge is 0.493 e. The van der Waals surface area contributed by atoms with Gasteiger partial charge in [0.15, 0.2) is 18.1 Å². The van der Waals surface area contributed by atoms with Crippen molar-refractivity contribution in [1.82, 2.24) is 9.80 Å². The molecule has 0 radical (unpaired) electrons. The number of likely N-dealkylation sites (tertiary alicyclic amines) is 1. The number of piperidine rings is 1. The molecule has 3 amide bonds. The third-order valence-corrected chi connectivity index (χ3v) is 5.84. The molecule has 2 aliphatic heterocycles. The van der Waals surface area contributed by atoms with E-state index in [1.54, 1.807) is 29.2 Å². The Kier molecular flexibility index (Phi) is 7.56. The second-order valence-electron chi connectivity index (χ2n) is 6.98. The van der Waals surface area contributed by atoms with E-state index >= 15 is 0 Å². The Hall–Kier alpha value is -3.01. The quantitative estimate of drug-likeness (QED) is 0.463. The highest BCUT2D eigenvalue weighted by atomic mass is 32.2. The third-order valence-electron chi connectivity index (χ3n) is 4.93. The van der Waals surface area contributed by atoms with Crippen LogP contribution in [-0.4, -0.2) is 73.3 Å². The van der Waals surface area contributed by atoms with E-state index in [1.807, 2.05) is 0 Å². The lowest BCUT2D eigenvalue weighted by Crippen LogP contribution is -2.44. The molecule has 9 nitrogen and oxygen atoms in total. The second kappa shape index (κ2) is 10.3. The summed E-state index contributed by atoms with van der Waals surface area (Å²) in [5.41, 5.74) is 0.607. The van der Waals surface area contributed by atoms with Crippen LogP contribution < -0.4 is 9.47 Å². The minimum atomic E-state index is -0.529. The van der Waals surface area contributed by atoms with E-state index in [2.05, 4.69) is 4.74 Å². The summed E-state index contributed by atoms with van der Waals surface area (Å²) < 4.78 is 15.2. The Bertz CT molecular complexity index is 909. The van der Waals surface area contributed by atoms with Crippen molar-refractivity contribution in [2.75, 3.05) is 40.5 Å². The molecule has 0 atom stereocenters. The number of carbonyl (C=O) groups is 4. The van der Waals surface area contributed by atoms with Gasteiger partial charge in [0.1, 0.15) is 6.54 Å². The molecule has 10 heteroatoms. The van der Waals surface area contributed by atoms with Gasteiger partial charge in [-0.1, -0.05) is 6.07 Å². The zero-order chi connectivity index (χ0) is 22.4. The van der Waals surface area contributed by atoms with Crippen molar-refractivity contribution in [3.8, 4) is 11.5 Å². The number of nitrogens with zero attached hydrogens (tertiary/aromatic N) is 2. The summed E-state index contributed by atoms with van der Waals surface area (Å²) in [6.45, 7) is 0.811. The third kappa shape index (κ3) is 5.57. The van der Waals surface area contributed by atoms with Crippen LogP contribution in [0.15, 0.2) is 23.1 Å². The summed E-state index contributed by atoms with van der Waals surface area (Å²) in [6, 6.07) is 4.89. The van der Waals surface area contributed by atoms with Gasteiger partial charge in [-0.2, -0.15) is 0 Å². The summed E-state index contributed by atoms with van der Waals surface area (Å²) in [4.78, 5) is 51.7. The van der Waals surface area contributed by atoms with Crippen LogP contribution in [0.4, 0.5) is 4.79 Å². The van der Waals surface area contributed by atoms with Crippen LogP contribution in [0.3, 0.4) is 0 Å². The SMILES string of the molecule is COC(=O)COc1ccc(/C=C2\SC(=O)N(CC(=O)N3CCCCC3)C2=O)cc1OC. The zero-order valence-corrected chi connectivity index (χ0v) is 18.2. The van der Waals surface area contributed by atoms with Gasteiger partial charge in [-0.3, -0.25) is 19.3 Å². The van der Waals surface area contributed by atoms with E-state index < -0.39 is 17.1 Å². The van der Waals surface area contributed by atoms with Crippen molar-refractivity contribution in [3.63, 3.8) is 0 Å². The van der Waals surface area contributed by atoms with Gasteiger partial charge in [0.05, 0.1) is 19.1 Å². The van der Waals surface area contributed by atoms with Gasteiger partial charge in [-0.15, -0.1) is 0 Å². The van der Waals surface area contributed by atoms with Crippen LogP contribution in [0.1, 0.15) is 24.8 Å². The molecular formula is C21H24N2O7S. The monoisotopic (exact) mass is 448 g/mol. The summed E-state index contributed by atoms with van der Waals surface area (Å²) in [6.07, 6.45) is 4.52. The van der Waals surface area contributed by atoms with Gasteiger partial charge in [0, 0.05) is 13.1 Å². The van der Waals surface area contributed by atoms with E-state index in [4.69, 9.17) is 9.47 Å². The average Bonchev–Trinajstić information content (AvgIpc) is 3.05. The first-order valence-electron chi connectivity index (χ1n) is 9.83. The number of imide groups is 1. The molecule has 0 unspecified atom stereocenters. The Morgan fingerprint density at radius 3 is 2.52 bits per heavy atom. The van der Waals surface area contributed by atoms with Crippen LogP contribution in [-0.2, 0) is 19.1 Å². The standard InChI is InChI=1S/C21H24N2O7S/c1-28-16-10-14(6-7-15(16)30-13-19(25)29-2)11-17-20(26)23(21(27)31-17)12-18(24)22-8-4-3-5-9-22/h6-7,10-11H,3-5,8-9,12-13H2,1-2H3/b17-11-. The number of benzene rings is 1. The fourth-order valence-corrected chi connectivity index (χ4v) is 4.09. The van der Waals surface area contributed by atoms with E-state index in [9.17, 15) is 19.2 Å². The molecule has 2 aliphatic rings. The first kappa shape index (κ1) is 22.7. The topological polar surface area (TPSA) is 102 Å². The van der Waals surface area contributed by atoms with Crippen LogP contribution in [0.2, 0.25) is 0 Å². The highest BCUT2D eigenvalue weighted by molar-refractivity contribution is 8.18. The van der Waals surface area contributed by atoms with Crippen molar-refractivity contribution in [2.45, 2.75) is 19.3 Å².